The maximum absolute atomic E-state index is 12.8. The van der Waals surface area contributed by atoms with Crippen molar-refractivity contribution >= 4 is 23.3 Å². The van der Waals surface area contributed by atoms with Gasteiger partial charge in [-0.15, -0.1) is 0 Å². The summed E-state index contributed by atoms with van der Waals surface area (Å²) in [6.07, 6.45) is 2.08. The van der Waals surface area contributed by atoms with Gasteiger partial charge in [0.05, 0.1) is 17.1 Å². The van der Waals surface area contributed by atoms with Gasteiger partial charge >= 0.3 is 5.97 Å². The fourth-order valence-corrected chi connectivity index (χ4v) is 3.62. The Bertz CT molecular complexity index is 1250. The number of para-hydroxylation sites is 1. The van der Waals surface area contributed by atoms with Crippen LogP contribution in [0.15, 0.2) is 48.5 Å². The number of carbonyl (C=O) groups excluding carboxylic acids is 3. The fourth-order valence-electron chi connectivity index (χ4n) is 3.62. The van der Waals surface area contributed by atoms with Crippen LogP contribution < -0.4 is 14.8 Å². The zero-order valence-corrected chi connectivity index (χ0v) is 17.9. The number of carbonyl (C=O) groups is 3. The van der Waals surface area contributed by atoms with Gasteiger partial charge in [-0.1, -0.05) is 18.2 Å². The van der Waals surface area contributed by atoms with Crippen LogP contribution in [-0.2, 0) is 9.53 Å². The van der Waals surface area contributed by atoms with Crippen molar-refractivity contribution < 1.29 is 28.6 Å². The number of fused-ring (bicyclic) bond motifs is 1. The molecule has 0 bridgehead atoms. The zero-order chi connectivity index (χ0) is 22.9. The van der Waals surface area contributed by atoms with Gasteiger partial charge in [-0.2, -0.15) is 5.10 Å². The standard InChI is InChI=1S/C24H21N3O6/c1-14(28)17-9-21-22(33-13-32-21)11-19(17)25-23(29)12-31-24(30)20-10-18(15-7-8-15)26-27(20)16-5-3-2-4-6-16/h2-6,9-11,15H,7-8,12-13H2,1H3,(H,25,29). The number of nitrogens with zero attached hydrogens (tertiary/aromatic N) is 2. The summed E-state index contributed by atoms with van der Waals surface area (Å²) in [4.78, 5) is 37.3. The van der Waals surface area contributed by atoms with Crippen molar-refractivity contribution in [2.24, 2.45) is 0 Å². The lowest BCUT2D eigenvalue weighted by atomic mass is 10.1. The van der Waals surface area contributed by atoms with E-state index in [0.29, 0.717) is 17.4 Å². The molecule has 0 atom stereocenters. The number of nitrogens with one attached hydrogen (secondary N) is 1. The molecule has 0 spiro atoms. The van der Waals surface area contributed by atoms with Crippen LogP contribution in [0.25, 0.3) is 5.69 Å². The number of esters is 1. The van der Waals surface area contributed by atoms with Gasteiger partial charge in [-0.3, -0.25) is 9.59 Å². The van der Waals surface area contributed by atoms with E-state index in [9.17, 15) is 14.4 Å². The molecule has 0 unspecified atom stereocenters. The first-order valence-corrected chi connectivity index (χ1v) is 10.6. The van der Waals surface area contributed by atoms with Gasteiger partial charge in [0, 0.05) is 17.5 Å². The number of ketones is 1. The predicted molar refractivity (Wildman–Crippen MR) is 117 cm³/mol. The lowest BCUT2D eigenvalue weighted by molar-refractivity contribution is -0.119. The van der Waals surface area contributed by atoms with Crippen molar-refractivity contribution in [2.45, 2.75) is 25.7 Å². The minimum atomic E-state index is -0.661. The Hall–Kier alpha value is -4.14. The maximum atomic E-state index is 12.8. The molecule has 2 heterocycles. The quantitative estimate of drug-likeness (QED) is 0.436. The van der Waals surface area contributed by atoms with Crippen LogP contribution in [-0.4, -0.2) is 40.8 Å². The summed E-state index contributed by atoms with van der Waals surface area (Å²) < 4.78 is 17.4. The van der Waals surface area contributed by atoms with Gasteiger partial charge in [-0.05, 0) is 44.0 Å². The van der Waals surface area contributed by atoms with E-state index in [0.717, 1.165) is 24.2 Å². The molecular weight excluding hydrogens is 426 g/mol. The van der Waals surface area contributed by atoms with Crippen molar-refractivity contribution in [1.29, 1.82) is 0 Å². The van der Waals surface area contributed by atoms with Crippen LogP contribution in [0.3, 0.4) is 0 Å². The van der Waals surface area contributed by atoms with Crippen LogP contribution in [0, 0.1) is 0 Å². The van der Waals surface area contributed by atoms with Crippen LogP contribution in [0.2, 0.25) is 0 Å². The van der Waals surface area contributed by atoms with E-state index >= 15 is 0 Å². The minimum absolute atomic E-state index is 0.0413. The van der Waals surface area contributed by atoms with Crippen molar-refractivity contribution in [1.82, 2.24) is 9.78 Å². The Morgan fingerprint density at radius 3 is 2.52 bits per heavy atom. The molecule has 1 aliphatic carbocycles. The number of rotatable bonds is 7. The number of ether oxygens (including phenoxy) is 3. The zero-order valence-electron chi connectivity index (χ0n) is 17.9. The van der Waals surface area contributed by atoms with Crippen molar-refractivity contribution in [3.63, 3.8) is 0 Å². The Labute approximate surface area is 189 Å². The first-order valence-electron chi connectivity index (χ1n) is 10.6. The third-order valence-corrected chi connectivity index (χ3v) is 5.43. The monoisotopic (exact) mass is 447 g/mol. The highest BCUT2D eigenvalue weighted by Crippen LogP contribution is 2.40. The molecule has 1 aliphatic heterocycles. The van der Waals surface area contributed by atoms with Gasteiger partial charge < -0.3 is 19.5 Å². The van der Waals surface area contributed by atoms with Gasteiger partial charge in [0.15, 0.2) is 29.6 Å². The molecule has 9 heteroatoms. The van der Waals surface area contributed by atoms with Crippen molar-refractivity contribution in [3.8, 4) is 17.2 Å². The molecule has 2 aromatic carbocycles. The molecule has 168 valence electrons. The topological polar surface area (TPSA) is 109 Å². The summed E-state index contributed by atoms with van der Waals surface area (Å²) in [6.45, 7) is 0.901. The maximum Gasteiger partial charge on any atom is 0.357 e. The molecule has 1 N–H and O–H groups in total. The Morgan fingerprint density at radius 2 is 1.82 bits per heavy atom. The number of anilines is 1. The summed E-state index contributed by atoms with van der Waals surface area (Å²) in [5, 5.41) is 7.19. The first-order chi connectivity index (χ1) is 16.0. The second-order valence-corrected chi connectivity index (χ2v) is 7.91. The summed E-state index contributed by atoms with van der Waals surface area (Å²) in [7, 11) is 0. The van der Waals surface area contributed by atoms with E-state index in [1.165, 1.54) is 19.1 Å². The largest absolute Gasteiger partial charge is 0.454 e. The molecule has 0 radical (unpaired) electrons. The molecule has 3 aromatic rings. The SMILES string of the molecule is CC(=O)c1cc2c(cc1NC(=O)COC(=O)c1cc(C3CC3)nn1-c1ccccc1)OCO2. The van der Waals surface area contributed by atoms with Crippen LogP contribution in [0.1, 0.15) is 52.2 Å². The molecule has 1 aromatic heterocycles. The van der Waals surface area contributed by atoms with E-state index in [1.54, 1.807) is 10.7 Å². The van der Waals surface area contributed by atoms with E-state index in [1.807, 2.05) is 30.3 Å². The predicted octanol–water partition coefficient (Wildman–Crippen LogP) is 3.48. The highest BCUT2D eigenvalue weighted by Gasteiger charge is 2.29. The molecule has 9 nitrogen and oxygen atoms in total. The molecule has 1 fully saturated rings. The Kier molecular flexibility index (Phi) is 5.29. The smallest absolute Gasteiger partial charge is 0.357 e. The van der Waals surface area contributed by atoms with Gasteiger partial charge in [0.2, 0.25) is 6.79 Å². The average molecular weight is 447 g/mol. The Balaban J connectivity index is 1.30. The minimum Gasteiger partial charge on any atom is -0.454 e. The first kappa shape index (κ1) is 20.7. The second-order valence-electron chi connectivity index (χ2n) is 7.91. The van der Waals surface area contributed by atoms with E-state index in [-0.39, 0.29) is 29.5 Å². The van der Waals surface area contributed by atoms with E-state index in [4.69, 9.17) is 14.2 Å². The number of Topliss-reactive ketones (excluding diaryl/α,β-unsaturated/α-hetero) is 1. The lowest BCUT2D eigenvalue weighted by Gasteiger charge is -2.11. The normalized spacial score (nSPS) is 14.1. The lowest BCUT2D eigenvalue weighted by Crippen LogP contribution is -2.23. The van der Waals surface area contributed by atoms with E-state index in [2.05, 4.69) is 10.4 Å². The molecule has 5 rings (SSSR count). The summed E-state index contributed by atoms with van der Waals surface area (Å²) in [6, 6.07) is 14.0. The summed E-state index contributed by atoms with van der Waals surface area (Å²) >= 11 is 0. The molecular formula is C24H21N3O6. The highest BCUT2D eigenvalue weighted by atomic mass is 16.7. The van der Waals surface area contributed by atoms with E-state index < -0.39 is 18.5 Å². The van der Waals surface area contributed by atoms with Crippen molar-refractivity contribution in [2.75, 3.05) is 18.7 Å². The number of amides is 1. The molecule has 33 heavy (non-hydrogen) atoms. The number of hydrogen-bond donors (Lipinski definition) is 1. The highest BCUT2D eigenvalue weighted by molar-refractivity contribution is 6.05. The van der Waals surface area contributed by atoms with Gasteiger partial charge in [0.25, 0.3) is 5.91 Å². The third kappa shape index (κ3) is 4.30. The van der Waals surface area contributed by atoms with Gasteiger partial charge in [-0.25, -0.2) is 9.48 Å². The van der Waals surface area contributed by atoms with Crippen molar-refractivity contribution in [3.05, 3.63) is 65.5 Å². The Morgan fingerprint density at radius 1 is 1.09 bits per heavy atom. The summed E-state index contributed by atoms with van der Waals surface area (Å²) in [5.41, 5.74) is 2.35. The third-order valence-electron chi connectivity index (χ3n) is 5.43. The summed E-state index contributed by atoms with van der Waals surface area (Å²) in [5.74, 6) is -0.290. The molecule has 1 saturated carbocycles. The molecule has 2 aliphatic rings. The second kappa shape index (κ2) is 8.42. The molecule has 1 amide bonds. The molecule has 0 saturated heterocycles. The van der Waals surface area contributed by atoms with Crippen LogP contribution >= 0.6 is 0 Å². The van der Waals surface area contributed by atoms with Crippen LogP contribution in [0.4, 0.5) is 5.69 Å². The number of hydrogen-bond acceptors (Lipinski definition) is 7. The number of benzene rings is 2. The fraction of sp³-hybridized carbons (Fsp3) is 0.250. The number of aromatic nitrogens is 2. The van der Waals surface area contributed by atoms with Gasteiger partial charge in [0.1, 0.15) is 0 Å². The van der Waals surface area contributed by atoms with Crippen LogP contribution in [0.5, 0.6) is 11.5 Å². The average Bonchev–Trinajstić information content (AvgIpc) is 3.39.